The molecule has 2 rings (SSSR count). The topological polar surface area (TPSA) is 52.2 Å². The van der Waals surface area contributed by atoms with Gasteiger partial charge in [-0.25, -0.2) is 4.79 Å². The first-order valence-corrected chi connectivity index (χ1v) is 4.73. The molecule has 0 spiro atoms. The summed E-state index contributed by atoms with van der Waals surface area (Å²) in [6, 6.07) is 0.0806. The minimum Gasteiger partial charge on any atom is -0.328 e. The summed E-state index contributed by atoms with van der Waals surface area (Å²) >= 11 is 0. The molecule has 5 heteroatoms. The van der Waals surface area contributed by atoms with Crippen LogP contribution in [0.2, 0.25) is 0 Å². The van der Waals surface area contributed by atoms with Crippen LogP contribution in [0.1, 0.15) is 18.2 Å². The van der Waals surface area contributed by atoms with E-state index < -0.39 is 0 Å². The van der Waals surface area contributed by atoms with Crippen molar-refractivity contribution in [3.8, 4) is 0 Å². The molecule has 1 aliphatic heterocycles. The molecule has 0 aromatic carbocycles. The first-order chi connectivity index (χ1) is 6.72. The number of fused-ring (bicyclic) bond motifs is 1. The molecule has 2 heterocycles. The molecule has 5 nitrogen and oxygen atoms in total. The Labute approximate surface area is 82.7 Å². The second-order valence-corrected chi connectivity index (χ2v) is 3.53. The summed E-state index contributed by atoms with van der Waals surface area (Å²) < 4.78 is 0. The Balaban J connectivity index is 2.04. The molecule has 0 atom stereocenters. The molecule has 1 N–H and O–H groups in total. The van der Waals surface area contributed by atoms with Crippen LogP contribution < -0.4 is 0 Å². The van der Waals surface area contributed by atoms with Gasteiger partial charge >= 0.3 is 6.03 Å². The van der Waals surface area contributed by atoms with Crippen LogP contribution in [-0.4, -0.2) is 39.6 Å². The van der Waals surface area contributed by atoms with E-state index in [0.29, 0.717) is 13.1 Å². The van der Waals surface area contributed by atoms with Gasteiger partial charge in [-0.2, -0.15) is 5.10 Å². The van der Waals surface area contributed by atoms with E-state index in [1.54, 1.807) is 11.1 Å². The van der Waals surface area contributed by atoms with Gasteiger partial charge in [-0.05, 0) is 6.92 Å². The van der Waals surface area contributed by atoms with Crippen molar-refractivity contribution in [3.63, 3.8) is 0 Å². The summed E-state index contributed by atoms with van der Waals surface area (Å²) in [5.74, 6) is 0. The lowest BCUT2D eigenvalue weighted by Crippen LogP contribution is -2.37. The number of carbonyl (C=O) groups excluding carboxylic acids is 1. The number of hydrogen-bond donors (Lipinski definition) is 1. The minimum atomic E-state index is 0.0806. The average molecular weight is 194 g/mol. The predicted octanol–water partition coefficient (Wildman–Crippen LogP) is 0.797. The smallest absolute Gasteiger partial charge is 0.320 e. The van der Waals surface area contributed by atoms with Crippen molar-refractivity contribution in [2.75, 3.05) is 13.6 Å². The van der Waals surface area contributed by atoms with Crippen molar-refractivity contribution in [1.29, 1.82) is 0 Å². The van der Waals surface area contributed by atoms with E-state index >= 15 is 0 Å². The van der Waals surface area contributed by atoms with Gasteiger partial charge in [0.1, 0.15) is 0 Å². The fourth-order valence-corrected chi connectivity index (χ4v) is 1.58. The Morgan fingerprint density at radius 3 is 3.14 bits per heavy atom. The lowest BCUT2D eigenvalue weighted by Gasteiger charge is -2.22. The van der Waals surface area contributed by atoms with E-state index in [2.05, 4.69) is 10.2 Å². The Kier molecular flexibility index (Phi) is 2.15. The predicted molar refractivity (Wildman–Crippen MR) is 51.5 cm³/mol. The number of nitrogens with one attached hydrogen (secondary N) is 1. The molecule has 1 aliphatic rings. The van der Waals surface area contributed by atoms with Crippen LogP contribution in [0.3, 0.4) is 0 Å². The molecule has 14 heavy (non-hydrogen) atoms. The maximum Gasteiger partial charge on any atom is 0.320 e. The third kappa shape index (κ3) is 1.34. The molecule has 1 aromatic heterocycles. The van der Waals surface area contributed by atoms with Gasteiger partial charge in [0.2, 0.25) is 0 Å². The SMILES string of the molecule is CCN(C)C(=O)N1Cc2cn[nH]c2C1. The van der Waals surface area contributed by atoms with Crippen molar-refractivity contribution in [3.05, 3.63) is 17.5 Å². The number of aromatic amines is 1. The molecule has 0 saturated carbocycles. The van der Waals surface area contributed by atoms with Crippen LogP contribution >= 0.6 is 0 Å². The van der Waals surface area contributed by atoms with Crippen LogP contribution in [0, 0.1) is 0 Å². The zero-order valence-corrected chi connectivity index (χ0v) is 8.45. The standard InChI is InChI=1S/C9H14N4O/c1-3-12(2)9(14)13-5-7-4-10-11-8(7)6-13/h4H,3,5-6H2,1-2H3,(H,10,11). The lowest BCUT2D eigenvalue weighted by molar-refractivity contribution is 0.164. The van der Waals surface area contributed by atoms with Crippen LogP contribution in [0.25, 0.3) is 0 Å². The van der Waals surface area contributed by atoms with Crippen molar-refractivity contribution >= 4 is 6.03 Å². The maximum atomic E-state index is 11.8. The molecule has 76 valence electrons. The second kappa shape index (κ2) is 3.32. The summed E-state index contributed by atoms with van der Waals surface area (Å²) in [7, 11) is 1.81. The molecule has 0 aliphatic carbocycles. The highest BCUT2D eigenvalue weighted by Gasteiger charge is 2.26. The normalized spacial score (nSPS) is 14.3. The average Bonchev–Trinajstić information content (AvgIpc) is 2.74. The van der Waals surface area contributed by atoms with Crippen LogP contribution in [-0.2, 0) is 13.1 Å². The van der Waals surface area contributed by atoms with E-state index in [4.69, 9.17) is 0 Å². The van der Waals surface area contributed by atoms with Crippen molar-refractivity contribution in [2.24, 2.45) is 0 Å². The fourth-order valence-electron chi connectivity index (χ4n) is 1.58. The van der Waals surface area contributed by atoms with Gasteiger partial charge in [0, 0.05) is 19.2 Å². The summed E-state index contributed by atoms with van der Waals surface area (Å²) in [6.45, 7) is 4.03. The molecule has 0 fully saturated rings. The monoisotopic (exact) mass is 194 g/mol. The van der Waals surface area contributed by atoms with Crippen LogP contribution in [0.4, 0.5) is 4.79 Å². The Bertz CT molecular complexity index is 326. The van der Waals surface area contributed by atoms with E-state index in [-0.39, 0.29) is 6.03 Å². The van der Waals surface area contributed by atoms with Crippen molar-refractivity contribution < 1.29 is 4.79 Å². The highest BCUT2D eigenvalue weighted by atomic mass is 16.2. The van der Waals surface area contributed by atoms with Crippen LogP contribution in [0.5, 0.6) is 0 Å². The minimum absolute atomic E-state index is 0.0806. The quantitative estimate of drug-likeness (QED) is 0.718. The van der Waals surface area contributed by atoms with Gasteiger partial charge < -0.3 is 9.80 Å². The number of hydrogen-bond acceptors (Lipinski definition) is 2. The van der Waals surface area contributed by atoms with Gasteiger partial charge in [-0.1, -0.05) is 0 Å². The van der Waals surface area contributed by atoms with E-state index in [1.807, 2.05) is 18.9 Å². The second-order valence-electron chi connectivity index (χ2n) is 3.53. The summed E-state index contributed by atoms with van der Waals surface area (Å²) in [5.41, 5.74) is 2.19. The molecule has 0 unspecified atom stereocenters. The zero-order chi connectivity index (χ0) is 10.1. The molecule has 0 saturated heterocycles. The van der Waals surface area contributed by atoms with Gasteiger partial charge in [0.25, 0.3) is 0 Å². The Morgan fingerprint density at radius 1 is 1.71 bits per heavy atom. The summed E-state index contributed by atoms with van der Waals surface area (Å²) in [6.07, 6.45) is 1.79. The summed E-state index contributed by atoms with van der Waals surface area (Å²) in [5, 5.41) is 6.82. The van der Waals surface area contributed by atoms with Crippen molar-refractivity contribution in [1.82, 2.24) is 20.0 Å². The maximum absolute atomic E-state index is 11.8. The number of rotatable bonds is 1. The van der Waals surface area contributed by atoms with Gasteiger partial charge in [-0.15, -0.1) is 0 Å². The fraction of sp³-hybridized carbons (Fsp3) is 0.556. The molecule has 0 bridgehead atoms. The third-order valence-electron chi connectivity index (χ3n) is 2.59. The molecule has 2 amide bonds. The molecular formula is C9H14N4O. The van der Waals surface area contributed by atoms with E-state index in [9.17, 15) is 4.79 Å². The molecular weight excluding hydrogens is 180 g/mol. The highest BCUT2D eigenvalue weighted by molar-refractivity contribution is 5.74. The highest BCUT2D eigenvalue weighted by Crippen LogP contribution is 2.20. The van der Waals surface area contributed by atoms with Gasteiger partial charge in [0.05, 0.1) is 25.0 Å². The van der Waals surface area contributed by atoms with Gasteiger partial charge in [0.15, 0.2) is 0 Å². The lowest BCUT2D eigenvalue weighted by atomic mass is 10.3. The van der Waals surface area contributed by atoms with E-state index in [1.165, 1.54) is 0 Å². The third-order valence-corrected chi connectivity index (χ3v) is 2.59. The van der Waals surface area contributed by atoms with Crippen LogP contribution in [0.15, 0.2) is 6.20 Å². The first-order valence-electron chi connectivity index (χ1n) is 4.73. The molecule has 1 aromatic rings. The Hall–Kier alpha value is -1.52. The number of urea groups is 1. The van der Waals surface area contributed by atoms with E-state index in [0.717, 1.165) is 17.8 Å². The first kappa shape index (κ1) is 9.05. The number of H-pyrrole nitrogens is 1. The van der Waals surface area contributed by atoms with Crippen molar-refractivity contribution in [2.45, 2.75) is 20.0 Å². The number of carbonyl (C=O) groups is 1. The molecule has 0 radical (unpaired) electrons. The summed E-state index contributed by atoms with van der Waals surface area (Å²) in [4.78, 5) is 15.3. The number of aromatic nitrogens is 2. The number of amides is 2. The number of nitrogens with zero attached hydrogens (tertiary/aromatic N) is 3. The zero-order valence-electron chi connectivity index (χ0n) is 8.45. The largest absolute Gasteiger partial charge is 0.328 e. The van der Waals surface area contributed by atoms with Gasteiger partial charge in [-0.3, -0.25) is 5.10 Å². The Morgan fingerprint density at radius 2 is 2.50 bits per heavy atom.